The Balaban J connectivity index is 1.48. The summed E-state index contributed by atoms with van der Waals surface area (Å²) in [7, 11) is 1.83. The van der Waals surface area contributed by atoms with Crippen molar-refractivity contribution in [1.82, 2.24) is 4.57 Å². The molecule has 1 unspecified atom stereocenters. The number of nitrogens with zero attached hydrogens (tertiary/aromatic N) is 2. The molecule has 2 amide bonds. The van der Waals surface area contributed by atoms with Crippen LogP contribution in [0.25, 0.3) is 0 Å². The van der Waals surface area contributed by atoms with E-state index in [2.05, 4.69) is 10.3 Å². The summed E-state index contributed by atoms with van der Waals surface area (Å²) >= 11 is 1.39. The Bertz CT molecular complexity index is 1060. The van der Waals surface area contributed by atoms with Gasteiger partial charge in [0.05, 0.1) is 0 Å². The number of hydrogen-bond acceptors (Lipinski definition) is 4. The number of aryl methyl sites for hydroxylation is 1. The molecule has 6 nitrogen and oxygen atoms in total. The first-order chi connectivity index (χ1) is 13.1. The molecule has 0 saturated heterocycles. The van der Waals surface area contributed by atoms with Crippen molar-refractivity contribution in [3.05, 3.63) is 76.0 Å². The van der Waals surface area contributed by atoms with Crippen molar-refractivity contribution >= 4 is 28.8 Å². The number of rotatable bonds is 3. The topological polar surface area (TPSA) is 72.7 Å². The van der Waals surface area contributed by atoms with Gasteiger partial charge in [-0.15, -0.1) is 11.3 Å². The number of fused-ring (bicyclic) bond motifs is 1. The number of aromatic nitrogens is 1. The zero-order valence-electron chi connectivity index (χ0n) is 14.6. The molecule has 4 rings (SSSR count). The van der Waals surface area contributed by atoms with Gasteiger partial charge in [0.1, 0.15) is 5.75 Å². The van der Waals surface area contributed by atoms with Gasteiger partial charge in [0.2, 0.25) is 0 Å². The smallest absolute Gasteiger partial charge is 0.279 e. The van der Waals surface area contributed by atoms with Gasteiger partial charge in [-0.25, -0.2) is 0 Å². The first kappa shape index (κ1) is 17.2. The molecule has 1 N–H and O–H groups in total. The predicted molar refractivity (Wildman–Crippen MR) is 103 cm³/mol. The van der Waals surface area contributed by atoms with E-state index in [9.17, 15) is 9.59 Å². The fourth-order valence-corrected chi connectivity index (χ4v) is 3.60. The van der Waals surface area contributed by atoms with Crippen LogP contribution >= 0.6 is 11.3 Å². The van der Waals surface area contributed by atoms with Gasteiger partial charge in [0.15, 0.2) is 10.9 Å². The van der Waals surface area contributed by atoms with E-state index >= 15 is 0 Å². The molecule has 2 aromatic carbocycles. The number of hydrogen-bond donors (Lipinski definition) is 1. The Labute approximate surface area is 159 Å². The molecule has 1 atom stereocenters. The third kappa shape index (κ3) is 3.68. The maximum absolute atomic E-state index is 12.5. The van der Waals surface area contributed by atoms with Crippen LogP contribution in [0, 0.1) is 0 Å². The van der Waals surface area contributed by atoms with Crippen LogP contribution in [0.5, 0.6) is 5.75 Å². The first-order valence-corrected chi connectivity index (χ1v) is 9.33. The largest absolute Gasteiger partial charge is 0.480 e. The van der Waals surface area contributed by atoms with Crippen molar-refractivity contribution in [2.24, 2.45) is 12.0 Å². The average molecular weight is 379 g/mol. The summed E-state index contributed by atoms with van der Waals surface area (Å²) in [5, 5.41) is 4.69. The molecule has 27 heavy (non-hydrogen) atoms. The van der Waals surface area contributed by atoms with Crippen LogP contribution in [-0.2, 0) is 18.3 Å². The van der Waals surface area contributed by atoms with Crippen LogP contribution in [0.1, 0.15) is 15.9 Å². The second kappa shape index (κ2) is 7.20. The van der Waals surface area contributed by atoms with Gasteiger partial charge in [0, 0.05) is 36.3 Å². The van der Waals surface area contributed by atoms with Gasteiger partial charge in [-0.05, 0) is 29.8 Å². The Morgan fingerprint density at radius 2 is 2.07 bits per heavy atom. The number of thiazole rings is 1. The van der Waals surface area contributed by atoms with Gasteiger partial charge in [-0.2, -0.15) is 4.99 Å². The molecular formula is C20H17N3O3S. The molecule has 1 aromatic heterocycles. The highest BCUT2D eigenvalue weighted by atomic mass is 32.1. The van der Waals surface area contributed by atoms with Crippen LogP contribution < -0.4 is 14.9 Å². The van der Waals surface area contributed by atoms with Crippen molar-refractivity contribution < 1.29 is 14.3 Å². The standard InChI is InChI=1S/C20H17N3O3S/c1-23-9-10-27-20(23)22-18(24)14-6-4-7-15(11-14)21-19(25)17-12-13-5-2-3-8-16(13)26-17/h2-11,17H,12H2,1H3,(H,21,25). The van der Waals surface area contributed by atoms with Gasteiger partial charge < -0.3 is 14.6 Å². The molecule has 7 heteroatoms. The Kier molecular flexibility index (Phi) is 4.60. The van der Waals surface area contributed by atoms with Gasteiger partial charge >= 0.3 is 0 Å². The Hall–Kier alpha value is -3.19. The molecule has 1 aliphatic heterocycles. The van der Waals surface area contributed by atoms with E-state index < -0.39 is 6.10 Å². The van der Waals surface area contributed by atoms with Crippen LogP contribution in [-0.4, -0.2) is 22.5 Å². The second-order valence-electron chi connectivity index (χ2n) is 6.20. The van der Waals surface area contributed by atoms with Crippen molar-refractivity contribution in [1.29, 1.82) is 0 Å². The van der Waals surface area contributed by atoms with E-state index in [4.69, 9.17) is 4.74 Å². The number of carbonyl (C=O) groups excluding carboxylic acids is 2. The van der Waals surface area contributed by atoms with E-state index in [1.165, 1.54) is 11.3 Å². The molecule has 1 aliphatic rings. The minimum absolute atomic E-state index is 0.239. The summed E-state index contributed by atoms with van der Waals surface area (Å²) in [6.07, 6.45) is 1.80. The normalized spacial score (nSPS) is 15.9. The maximum Gasteiger partial charge on any atom is 0.279 e. The molecule has 0 bridgehead atoms. The van der Waals surface area contributed by atoms with E-state index in [-0.39, 0.29) is 11.8 Å². The number of anilines is 1. The maximum atomic E-state index is 12.5. The highest BCUT2D eigenvalue weighted by Gasteiger charge is 2.28. The predicted octanol–water partition coefficient (Wildman–Crippen LogP) is 2.77. The lowest BCUT2D eigenvalue weighted by molar-refractivity contribution is -0.122. The summed E-state index contributed by atoms with van der Waals surface area (Å²) in [5.74, 6) is 0.148. The number of carbonyl (C=O) groups is 2. The lowest BCUT2D eigenvalue weighted by atomic mass is 10.1. The fraction of sp³-hybridized carbons (Fsp3) is 0.150. The summed E-state index contributed by atoms with van der Waals surface area (Å²) in [6, 6.07) is 14.4. The highest BCUT2D eigenvalue weighted by Crippen LogP contribution is 2.28. The van der Waals surface area contributed by atoms with E-state index in [1.54, 1.807) is 28.8 Å². The van der Waals surface area contributed by atoms with Gasteiger partial charge in [-0.1, -0.05) is 24.3 Å². The van der Waals surface area contributed by atoms with Crippen molar-refractivity contribution in [2.45, 2.75) is 12.5 Å². The molecular weight excluding hydrogens is 362 g/mol. The molecule has 0 fully saturated rings. The van der Waals surface area contributed by atoms with Crippen molar-refractivity contribution in [2.75, 3.05) is 5.32 Å². The number of amides is 2. The molecule has 3 aromatic rings. The van der Waals surface area contributed by atoms with Crippen molar-refractivity contribution in [3.8, 4) is 5.75 Å². The average Bonchev–Trinajstić information content (AvgIpc) is 3.28. The molecule has 0 radical (unpaired) electrons. The van der Waals surface area contributed by atoms with Gasteiger partial charge in [0.25, 0.3) is 11.8 Å². The Morgan fingerprint density at radius 1 is 1.22 bits per heavy atom. The fourth-order valence-electron chi connectivity index (χ4n) is 2.87. The van der Waals surface area contributed by atoms with E-state index in [1.807, 2.05) is 42.9 Å². The van der Waals surface area contributed by atoms with Crippen LogP contribution in [0.4, 0.5) is 5.69 Å². The van der Waals surface area contributed by atoms with E-state index in [0.29, 0.717) is 22.5 Å². The van der Waals surface area contributed by atoms with Crippen LogP contribution in [0.2, 0.25) is 0 Å². The number of ether oxygens (including phenoxy) is 1. The lowest BCUT2D eigenvalue weighted by Crippen LogP contribution is -2.31. The second-order valence-corrected chi connectivity index (χ2v) is 7.07. The highest BCUT2D eigenvalue weighted by molar-refractivity contribution is 7.07. The summed E-state index contributed by atoms with van der Waals surface area (Å²) in [6.45, 7) is 0. The molecule has 2 heterocycles. The van der Waals surface area contributed by atoms with Crippen LogP contribution in [0.15, 0.2) is 65.1 Å². The lowest BCUT2D eigenvalue weighted by Gasteiger charge is -2.11. The minimum atomic E-state index is -0.573. The van der Waals surface area contributed by atoms with Gasteiger partial charge in [-0.3, -0.25) is 9.59 Å². The van der Waals surface area contributed by atoms with Crippen LogP contribution in [0.3, 0.4) is 0 Å². The third-order valence-corrected chi connectivity index (χ3v) is 5.12. The Morgan fingerprint density at radius 3 is 2.85 bits per heavy atom. The monoisotopic (exact) mass is 379 g/mol. The number of para-hydroxylation sites is 1. The zero-order chi connectivity index (χ0) is 18.8. The minimum Gasteiger partial charge on any atom is -0.480 e. The molecule has 0 aliphatic carbocycles. The van der Waals surface area contributed by atoms with E-state index in [0.717, 1.165) is 11.3 Å². The van der Waals surface area contributed by atoms with Crippen molar-refractivity contribution in [3.63, 3.8) is 0 Å². The summed E-state index contributed by atoms with van der Waals surface area (Å²) < 4.78 is 7.48. The SMILES string of the molecule is Cn1ccsc1=NC(=O)c1cccc(NC(=O)C2Cc3ccccc3O2)c1. The number of nitrogens with one attached hydrogen (secondary N) is 1. The zero-order valence-corrected chi connectivity index (χ0v) is 15.4. The molecule has 0 saturated carbocycles. The first-order valence-electron chi connectivity index (χ1n) is 8.45. The summed E-state index contributed by atoms with van der Waals surface area (Å²) in [5.41, 5.74) is 1.97. The molecule has 0 spiro atoms. The molecule has 136 valence electrons. The summed E-state index contributed by atoms with van der Waals surface area (Å²) in [4.78, 5) is 29.7. The third-order valence-electron chi connectivity index (χ3n) is 4.27. The number of benzene rings is 2. The quantitative estimate of drug-likeness (QED) is 0.761.